The molecule has 1 fully saturated rings. The smallest absolute Gasteiger partial charge is 0.239 e. The molecule has 0 radical (unpaired) electrons. The van der Waals surface area contributed by atoms with E-state index in [0.29, 0.717) is 13.1 Å². The fraction of sp³-hybridized carbons (Fsp3) is 0.833. The van der Waals surface area contributed by atoms with Gasteiger partial charge in [0.15, 0.2) is 0 Å². The minimum Gasteiger partial charge on any atom is -0.395 e. The number of amides is 1. The van der Waals surface area contributed by atoms with Crippen molar-refractivity contribution in [2.24, 2.45) is 5.73 Å². The third-order valence-corrected chi connectivity index (χ3v) is 1.71. The summed E-state index contributed by atoms with van der Waals surface area (Å²) in [6.45, 7) is 1.14. The lowest BCUT2D eigenvalue weighted by Gasteiger charge is -2.12. The van der Waals surface area contributed by atoms with Gasteiger partial charge in [-0.15, -0.1) is 12.4 Å². The van der Waals surface area contributed by atoms with E-state index in [1.54, 1.807) is 4.90 Å². The molecular weight excluding hydrogens is 168 g/mol. The molecule has 1 rings (SSSR count). The first kappa shape index (κ1) is 10.7. The molecule has 0 aromatic rings. The van der Waals surface area contributed by atoms with Crippen LogP contribution in [-0.4, -0.2) is 41.7 Å². The summed E-state index contributed by atoms with van der Waals surface area (Å²) in [5.41, 5.74) is 5.43. The molecule has 3 N–H and O–H groups in total. The normalized spacial score (nSPS) is 23.6. The Bertz CT molecular complexity index is 141. The molecule has 0 saturated carbocycles. The van der Waals surface area contributed by atoms with Crippen molar-refractivity contribution >= 4 is 18.3 Å². The molecule has 1 aliphatic rings. The largest absolute Gasteiger partial charge is 0.395 e. The summed E-state index contributed by atoms with van der Waals surface area (Å²) in [5, 5.41) is 8.50. The van der Waals surface area contributed by atoms with Crippen molar-refractivity contribution < 1.29 is 9.90 Å². The lowest BCUT2D eigenvalue weighted by atomic mass is 10.3. The van der Waals surface area contributed by atoms with E-state index < -0.39 is 0 Å². The molecule has 11 heavy (non-hydrogen) atoms. The summed E-state index contributed by atoms with van der Waals surface area (Å²) in [6.07, 6.45) is 0.721. The maximum Gasteiger partial charge on any atom is 0.239 e. The first-order valence-electron chi connectivity index (χ1n) is 3.41. The Balaban J connectivity index is 0.000001000. The van der Waals surface area contributed by atoms with Crippen LogP contribution >= 0.6 is 12.4 Å². The Kier molecular flexibility index (Phi) is 4.40. The quantitative estimate of drug-likeness (QED) is 0.571. The van der Waals surface area contributed by atoms with Gasteiger partial charge in [-0.05, 0) is 6.42 Å². The molecule has 1 saturated heterocycles. The molecule has 0 aliphatic carbocycles. The van der Waals surface area contributed by atoms with Crippen molar-refractivity contribution in [1.82, 2.24) is 4.90 Å². The molecular formula is C6H13ClN2O2. The van der Waals surface area contributed by atoms with Gasteiger partial charge in [0.1, 0.15) is 0 Å². The van der Waals surface area contributed by atoms with Crippen LogP contribution < -0.4 is 5.73 Å². The predicted molar refractivity (Wildman–Crippen MR) is 43.5 cm³/mol. The van der Waals surface area contributed by atoms with E-state index in [1.807, 2.05) is 0 Å². The van der Waals surface area contributed by atoms with Gasteiger partial charge in [-0.25, -0.2) is 0 Å². The molecule has 1 amide bonds. The Labute approximate surface area is 71.8 Å². The lowest BCUT2D eigenvalue weighted by molar-refractivity contribution is -0.129. The topological polar surface area (TPSA) is 66.6 Å². The third kappa shape index (κ3) is 2.32. The summed E-state index contributed by atoms with van der Waals surface area (Å²) in [4.78, 5) is 12.6. The van der Waals surface area contributed by atoms with Crippen molar-refractivity contribution in [3.05, 3.63) is 0 Å². The number of β-amino-alcohol motifs (C(OH)–C–C–N with tert-alkyl or cyclic N) is 1. The zero-order chi connectivity index (χ0) is 7.56. The van der Waals surface area contributed by atoms with E-state index >= 15 is 0 Å². The number of nitrogens with two attached hydrogens (primary N) is 1. The number of aliphatic hydroxyl groups excluding tert-OH is 1. The van der Waals surface area contributed by atoms with E-state index in [9.17, 15) is 4.79 Å². The number of carbonyl (C=O) groups is 1. The highest BCUT2D eigenvalue weighted by molar-refractivity contribution is 5.85. The summed E-state index contributed by atoms with van der Waals surface area (Å²) < 4.78 is 0. The zero-order valence-corrected chi connectivity index (χ0v) is 7.01. The highest BCUT2D eigenvalue weighted by Crippen LogP contribution is 2.07. The average Bonchev–Trinajstić information content (AvgIpc) is 2.20. The molecule has 0 aromatic heterocycles. The molecule has 4 nitrogen and oxygen atoms in total. The molecule has 1 heterocycles. The van der Waals surface area contributed by atoms with Gasteiger partial charge in [-0.3, -0.25) is 4.79 Å². The summed E-state index contributed by atoms with van der Waals surface area (Å²) in [7, 11) is 0. The number of hydrogen-bond acceptors (Lipinski definition) is 3. The van der Waals surface area contributed by atoms with Crippen molar-refractivity contribution in [2.75, 3.05) is 19.7 Å². The maximum atomic E-state index is 11.0. The van der Waals surface area contributed by atoms with E-state index in [-0.39, 0.29) is 31.0 Å². The number of rotatable bonds is 2. The van der Waals surface area contributed by atoms with Crippen molar-refractivity contribution in [1.29, 1.82) is 0 Å². The van der Waals surface area contributed by atoms with Crippen molar-refractivity contribution in [3.63, 3.8) is 0 Å². The van der Waals surface area contributed by atoms with Crippen molar-refractivity contribution in [2.45, 2.75) is 12.5 Å². The van der Waals surface area contributed by atoms with Crippen LogP contribution in [0.5, 0.6) is 0 Å². The van der Waals surface area contributed by atoms with Crippen molar-refractivity contribution in [3.8, 4) is 0 Å². The second-order valence-electron chi connectivity index (χ2n) is 2.44. The van der Waals surface area contributed by atoms with Gasteiger partial charge >= 0.3 is 0 Å². The number of likely N-dealkylation sites (tertiary alicyclic amines) is 1. The first-order valence-corrected chi connectivity index (χ1v) is 3.41. The number of aliphatic hydroxyl groups is 1. The van der Waals surface area contributed by atoms with Gasteiger partial charge in [0, 0.05) is 13.1 Å². The summed E-state index contributed by atoms with van der Waals surface area (Å²) in [5.74, 6) is -0.0333. The Morgan fingerprint density at radius 2 is 2.36 bits per heavy atom. The molecule has 0 aromatic carbocycles. The molecule has 1 unspecified atom stereocenters. The second kappa shape index (κ2) is 4.54. The van der Waals surface area contributed by atoms with Gasteiger partial charge in [0.2, 0.25) is 5.91 Å². The van der Waals surface area contributed by atoms with Crippen LogP contribution in [0.2, 0.25) is 0 Å². The van der Waals surface area contributed by atoms with Crippen LogP contribution in [0.1, 0.15) is 6.42 Å². The van der Waals surface area contributed by atoms with E-state index in [4.69, 9.17) is 10.8 Å². The number of nitrogens with zero attached hydrogens (tertiary/aromatic N) is 1. The minimum absolute atomic E-state index is 0. The fourth-order valence-electron chi connectivity index (χ4n) is 1.11. The van der Waals surface area contributed by atoms with Gasteiger partial charge in [-0.2, -0.15) is 0 Å². The van der Waals surface area contributed by atoms with Crippen LogP contribution in [0.4, 0.5) is 0 Å². The maximum absolute atomic E-state index is 11.0. The van der Waals surface area contributed by atoms with Crippen LogP contribution in [0.25, 0.3) is 0 Å². The van der Waals surface area contributed by atoms with Gasteiger partial charge in [0.05, 0.1) is 12.6 Å². The number of carbonyl (C=O) groups excluding carboxylic acids is 1. The van der Waals surface area contributed by atoms with Crippen LogP contribution in [-0.2, 0) is 4.79 Å². The molecule has 5 heteroatoms. The highest BCUT2D eigenvalue weighted by atomic mass is 35.5. The average molecular weight is 181 g/mol. The molecule has 0 bridgehead atoms. The highest BCUT2D eigenvalue weighted by Gasteiger charge is 2.27. The van der Waals surface area contributed by atoms with Crippen LogP contribution in [0.15, 0.2) is 0 Å². The molecule has 1 aliphatic heterocycles. The fourth-order valence-corrected chi connectivity index (χ4v) is 1.11. The standard InChI is InChI=1S/C6H12N2O2.ClH/c7-5-1-2-8(3-4-9)6(5)10;/h5,9H,1-4,7H2;1H. The van der Waals surface area contributed by atoms with E-state index in [1.165, 1.54) is 0 Å². The minimum atomic E-state index is -0.327. The third-order valence-electron chi connectivity index (χ3n) is 1.71. The molecule has 66 valence electrons. The summed E-state index contributed by atoms with van der Waals surface area (Å²) in [6, 6.07) is -0.327. The first-order chi connectivity index (χ1) is 4.75. The lowest BCUT2D eigenvalue weighted by Crippen LogP contribution is -2.35. The SMILES string of the molecule is Cl.NC1CCN(CCO)C1=O. The molecule has 0 spiro atoms. The Morgan fingerprint density at radius 1 is 1.73 bits per heavy atom. The van der Waals surface area contributed by atoms with Gasteiger partial charge in [0.25, 0.3) is 0 Å². The monoisotopic (exact) mass is 180 g/mol. The number of hydrogen-bond donors (Lipinski definition) is 2. The predicted octanol–water partition coefficient (Wildman–Crippen LogP) is -1.04. The zero-order valence-electron chi connectivity index (χ0n) is 6.19. The van der Waals surface area contributed by atoms with Crippen LogP contribution in [0, 0.1) is 0 Å². The summed E-state index contributed by atoms with van der Waals surface area (Å²) >= 11 is 0. The Morgan fingerprint density at radius 3 is 2.73 bits per heavy atom. The van der Waals surface area contributed by atoms with Gasteiger partial charge in [-0.1, -0.05) is 0 Å². The second-order valence-corrected chi connectivity index (χ2v) is 2.44. The molecule has 1 atom stereocenters. The van der Waals surface area contributed by atoms with Gasteiger partial charge < -0.3 is 15.7 Å². The van der Waals surface area contributed by atoms with E-state index in [2.05, 4.69) is 0 Å². The Hall–Kier alpha value is -0.320. The van der Waals surface area contributed by atoms with E-state index in [0.717, 1.165) is 6.42 Å². The van der Waals surface area contributed by atoms with Crippen LogP contribution in [0.3, 0.4) is 0 Å². The number of halogens is 1.